The van der Waals surface area contributed by atoms with Crippen molar-refractivity contribution in [1.29, 1.82) is 0 Å². The van der Waals surface area contributed by atoms with Gasteiger partial charge >= 0.3 is 6.03 Å². The summed E-state index contributed by atoms with van der Waals surface area (Å²) in [5.74, 6) is -0.0230. The molecule has 0 fully saturated rings. The Labute approximate surface area is 106 Å². The summed E-state index contributed by atoms with van der Waals surface area (Å²) in [5, 5.41) is 8.29. The number of amides is 3. The summed E-state index contributed by atoms with van der Waals surface area (Å²) in [5.41, 5.74) is 2.72. The number of hydrogen-bond acceptors (Lipinski definition) is 2. The van der Waals surface area contributed by atoms with E-state index >= 15 is 0 Å². The van der Waals surface area contributed by atoms with Gasteiger partial charge in [0.25, 0.3) is 5.91 Å². The van der Waals surface area contributed by atoms with Gasteiger partial charge in [-0.2, -0.15) is 0 Å². The Morgan fingerprint density at radius 1 is 1.39 bits per heavy atom. The molecule has 1 aromatic rings. The van der Waals surface area contributed by atoms with Crippen LogP contribution in [0.4, 0.5) is 4.79 Å². The SMILES string of the molecule is CCCNC(=O)NCc1ccc2c(c1)CNC2=O. The molecule has 0 bridgehead atoms. The van der Waals surface area contributed by atoms with Crippen LogP contribution in [0.5, 0.6) is 0 Å². The third kappa shape index (κ3) is 2.80. The first kappa shape index (κ1) is 12.4. The molecule has 5 heteroatoms. The van der Waals surface area contributed by atoms with E-state index < -0.39 is 0 Å². The number of carbonyl (C=O) groups excluding carboxylic acids is 2. The van der Waals surface area contributed by atoms with Gasteiger partial charge in [0.2, 0.25) is 0 Å². The van der Waals surface area contributed by atoms with Gasteiger partial charge in [0, 0.05) is 25.2 Å². The number of carbonyl (C=O) groups is 2. The van der Waals surface area contributed by atoms with Crippen LogP contribution in [0, 0.1) is 0 Å². The molecular formula is C13H17N3O2. The molecule has 5 nitrogen and oxygen atoms in total. The van der Waals surface area contributed by atoms with Gasteiger partial charge in [-0.3, -0.25) is 4.79 Å². The first-order valence-electron chi connectivity index (χ1n) is 6.12. The second kappa shape index (κ2) is 5.53. The first-order valence-corrected chi connectivity index (χ1v) is 6.12. The van der Waals surface area contributed by atoms with E-state index in [-0.39, 0.29) is 11.9 Å². The van der Waals surface area contributed by atoms with E-state index in [2.05, 4.69) is 16.0 Å². The third-order valence-electron chi connectivity index (χ3n) is 2.84. The van der Waals surface area contributed by atoms with Crippen LogP contribution < -0.4 is 16.0 Å². The molecule has 1 aliphatic heterocycles. The average Bonchev–Trinajstić information content (AvgIpc) is 2.75. The molecule has 3 N–H and O–H groups in total. The summed E-state index contributed by atoms with van der Waals surface area (Å²) < 4.78 is 0. The van der Waals surface area contributed by atoms with Gasteiger partial charge in [-0.25, -0.2) is 4.79 Å². The maximum absolute atomic E-state index is 11.4. The minimum Gasteiger partial charge on any atom is -0.348 e. The van der Waals surface area contributed by atoms with Crippen molar-refractivity contribution in [2.75, 3.05) is 6.54 Å². The first-order chi connectivity index (χ1) is 8.70. The molecule has 2 rings (SSSR count). The average molecular weight is 247 g/mol. The van der Waals surface area contributed by atoms with E-state index in [0.29, 0.717) is 19.6 Å². The normalized spacial score (nSPS) is 12.8. The molecule has 0 unspecified atom stereocenters. The molecular weight excluding hydrogens is 230 g/mol. The largest absolute Gasteiger partial charge is 0.348 e. The summed E-state index contributed by atoms with van der Waals surface area (Å²) in [7, 11) is 0. The van der Waals surface area contributed by atoms with E-state index in [1.54, 1.807) is 6.07 Å². The standard InChI is InChI=1S/C13H17N3O2/c1-2-5-14-13(18)16-7-9-3-4-11-10(6-9)8-15-12(11)17/h3-4,6H,2,5,7-8H2,1H3,(H,15,17)(H2,14,16,18). The highest BCUT2D eigenvalue weighted by Crippen LogP contribution is 2.16. The van der Waals surface area contributed by atoms with E-state index in [0.717, 1.165) is 23.1 Å². The molecule has 1 aliphatic rings. The molecule has 0 atom stereocenters. The van der Waals surface area contributed by atoms with Crippen LogP contribution in [0.15, 0.2) is 18.2 Å². The van der Waals surface area contributed by atoms with Crippen LogP contribution >= 0.6 is 0 Å². The highest BCUT2D eigenvalue weighted by molar-refractivity contribution is 5.98. The zero-order valence-electron chi connectivity index (χ0n) is 10.4. The molecule has 1 heterocycles. The lowest BCUT2D eigenvalue weighted by atomic mass is 10.1. The lowest BCUT2D eigenvalue weighted by Crippen LogP contribution is -2.35. The van der Waals surface area contributed by atoms with E-state index in [4.69, 9.17) is 0 Å². The quantitative estimate of drug-likeness (QED) is 0.746. The molecule has 0 saturated heterocycles. The smallest absolute Gasteiger partial charge is 0.315 e. The van der Waals surface area contributed by atoms with Crippen molar-refractivity contribution in [1.82, 2.24) is 16.0 Å². The molecule has 0 aromatic heterocycles. The minimum absolute atomic E-state index is 0.0230. The van der Waals surface area contributed by atoms with Crippen molar-refractivity contribution in [3.8, 4) is 0 Å². The zero-order valence-corrected chi connectivity index (χ0v) is 10.4. The predicted octanol–water partition coefficient (Wildman–Crippen LogP) is 1.14. The number of hydrogen-bond donors (Lipinski definition) is 3. The van der Waals surface area contributed by atoms with Gasteiger partial charge in [-0.05, 0) is 23.6 Å². The number of fused-ring (bicyclic) bond motifs is 1. The zero-order chi connectivity index (χ0) is 13.0. The number of nitrogens with one attached hydrogen (secondary N) is 3. The molecule has 3 amide bonds. The number of benzene rings is 1. The summed E-state index contributed by atoms with van der Waals surface area (Å²) in [6.07, 6.45) is 0.917. The molecule has 0 saturated carbocycles. The Kier molecular flexibility index (Phi) is 3.82. The summed E-state index contributed by atoms with van der Waals surface area (Å²) in [6.45, 7) is 3.72. The lowest BCUT2D eigenvalue weighted by molar-refractivity contribution is 0.0965. The maximum Gasteiger partial charge on any atom is 0.315 e. The van der Waals surface area contributed by atoms with Crippen molar-refractivity contribution in [2.24, 2.45) is 0 Å². The summed E-state index contributed by atoms with van der Waals surface area (Å²) in [6, 6.07) is 5.46. The third-order valence-corrected chi connectivity index (χ3v) is 2.84. The van der Waals surface area contributed by atoms with E-state index in [9.17, 15) is 9.59 Å². The highest BCUT2D eigenvalue weighted by Gasteiger charge is 2.18. The van der Waals surface area contributed by atoms with Crippen molar-refractivity contribution >= 4 is 11.9 Å². The van der Waals surface area contributed by atoms with Crippen LogP contribution in [0.3, 0.4) is 0 Å². The second-order valence-electron chi connectivity index (χ2n) is 4.28. The van der Waals surface area contributed by atoms with Gasteiger partial charge in [-0.1, -0.05) is 19.1 Å². The highest BCUT2D eigenvalue weighted by atomic mass is 16.2. The van der Waals surface area contributed by atoms with Gasteiger partial charge in [0.05, 0.1) is 0 Å². The van der Waals surface area contributed by atoms with E-state index in [1.807, 2.05) is 19.1 Å². The topological polar surface area (TPSA) is 70.2 Å². The van der Waals surface area contributed by atoms with Crippen molar-refractivity contribution in [3.05, 3.63) is 34.9 Å². The summed E-state index contributed by atoms with van der Waals surface area (Å²) >= 11 is 0. The number of rotatable bonds is 4. The van der Waals surface area contributed by atoms with Gasteiger partial charge in [0.1, 0.15) is 0 Å². The Morgan fingerprint density at radius 3 is 3.00 bits per heavy atom. The maximum atomic E-state index is 11.4. The molecule has 1 aromatic carbocycles. The van der Waals surface area contributed by atoms with Crippen LogP contribution in [-0.4, -0.2) is 18.5 Å². The fourth-order valence-electron chi connectivity index (χ4n) is 1.88. The van der Waals surface area contributed by atoms with Crippen LogP contribution in [-0.2, 0) is 13.1 Å². The molecule has 96 valence electrons. The molecule has 18 heavy (non-hydrogen) atoms. The fraction of sp³-hybridized carbons (Fsp3) is 0.385. The van der Waals surface area contributed by atoms with E-state index in [1.165, 1.54) is 0 Å². The van der Waals surface area contributed by atoms with Crippen LogP contribution in [0.2, 0.25) is 0 Å². The molecule has 0 radical (unpaired) electrons. The second-order valence-corrected chi connectivity index (χ2v) is 4.28. The minimum atomic E-state index is -0.161. The molecule has 0 spiro atoms. The van der Waals surface area contributed by atoms with Crippen LogP contribution in [0.25, 0.3) is 0 Å². The Bertz CT molecular complexity index is 471. The number of urea groups is 1. The fourth-order valence-corrected chi connectivity index (χ4v) is 1.88. The lowest BCUT2D eigenvalue weighted by Gasteiger charge is -2.07. The van der Waals surface area contributed by atoms with Crippen molar-refractivity contribution < 1.29 is 9.59 Å². The van der Waals surface area contributed by atoms with Gasteiger partial charge in [0.15, 0.2) is 0 Å². The summed E-state index contributed by atoms with van der Waals surface area (Å²) in [4.78, 5) is 22.7. The Balaban J connectivity index is 1.91. The monoisotopic (exact) mass is 247 g/mol. The Hall–Kier alpha value is -2.04. The van der Waals surface area contributed by atoms with Gasteiger partial charge < -0.3 is 16.0 Å². The molecule has 0 aliphatic carbocycles. The predicted molar refractivity (Wildman–Crippen MR) is 68.1 cm³/mol. The van der Waals surface area contributed by atoms with Crippen molar-refractivity contribution in [3.63, 3.8) is 0 Å². The van der Waals surface area contributed by atoms with Gasteiger partial charge in [-0.15, -0.1) is 0 Å². The van der Waals surface area contributed by atoms with Crippen LogP contribution in [0.1, 0.15) is 34.8 Å². The van der Waals surface area contributed by atoms with Crippen molar-refractivity contribution in [2.45, 2.75) is 26.4 Å². The Morgan fingerprint density at radius 2 is 2.22 bits per heavy atom.